The standard InChI is InChI=1S/C13H16ClNO2/c1-9-4-10(6-11(14)5-9)12(17)15-7-13(8-16)2-3-13/h4-6,16H,2-3,7-8H2,1H3,(H,15,17). The van der Waals surface area contributed by atoms with Gasteiger partial charge in [0.25, 0.3) is 5.91 Å². The number of amides is 1. The summed E-state index contributed by atoms with van der Waals surface area (Å²) in [4.78, 5) is 11.9. The highest BCUT2D eigenvalue weighted by Crippen LogP contribution is 2.44. The first-order chi connectivity index (χ1) is 8.04. The second kappa shape index (κ2) is 4.67. The Morgan fingerprint density at radius 1 is 1.47 bits per heavy atom. The van der Waals surface area contributed by atoms with Gasteiger partial charge in [-0.05, 0) is 43.5 Å². The van der Waals surface area contributed by atoms with E-state index < -0.39 is 0 Å². The van der Waals surface area contributed by atoms with Crippen molar-refractivity contribution < 1.29 is 9.90 Å². The molecule has 0 spiro atoms. The first-order valence-corrected chi connectivity index (χ1v) is 6.09. The van der Waals surface area contributed by atoms with Gasteiger partial charge in [-0.25, -0.2) is 0 Å². The fraction of sp³-hybridized carbons (Fsp3) is 0.462. The molecule has 1 saturated carbocycles. The van der Waals surface area contributed by atoms with Crippen molar-refractivity contribution in [3.05, 3.63) is 34.3 Å². The second-order valence-electron chi connectivity index (χ2n) is 4.86. The number of nitrogens with one attached hydrogen (secondary N) is 1. The molecule has 4 heteroatoms. The van der Waals surface area contributed by atoms with Crippen LogP contribution in [0.15, 0.2) is 18.2 Å². The van der Waals surface area contributed by atoms with E-state index >= 15 is 0 Å². The molecule has 0 heterocycles. The molecule has 1 aliphatic rings. The minimum atomic E-state index is -0.129. The number of carbonyl (C=O) groups excluding carboxylic acids is 1. The molecule has 0 bridgehead atoms. The number of hydrogen-bond acceptors (Lipinski definition) is 2. The third kappa shape index (κ3) is 2.99. The normalized spacial score (nSPS) is 16.6. The van der Waals surface area contributed by atoms with E-state index in [-0.39, 0.29) is 17.9 Å². The Balaban J connectivity index is 1.99. The molecule has 0 radical (unpaired) electrons. The van der Waals surface area contributed by atoms with E-state index in [1.165, 1.54) is 0 Å². The van der Waals surface area contributed by atoms with Gasteiger partial charge in [0.05, 0.1) is 6.61 Å². The van der Waals surface area contributed by atoms with Crippen molar-refractivity contribution in [2.75, 3.05) is 13.2 Å². The van der Waals surface area contributed by atoms with Gasteiger partial charge in [0.1, 0.15) is 0 Å². The van der Waals surface area contributed by atoms with Crippen LogP contribution < -0.4 is 5.32 Å². The van der Waals surface area contributed by atoms with E-state index in [9.17, 15) is 4.79 Å². The van der Waals surface area contributed by atoms with Crippen LogP contribution in [-0.2, 0) is 0 Å². The van der Waals surface area contributed by atoms with Crippen LogP contribution in [0.2, 0.25) is 5.02 Å². The number of rotatable bonds is 4. The zero-order chi connectivity index (χ0) is 12.5. The molecule has 2 N–H and O–H groups in total. The molecule has 0 unspecified atom stereocenters. The number of aryl methyl sites for hydroxylation is 1. The van der Waals surface area contributed by atoms with Gasteiger partial charge in [0.2, 0.25) is 0 Å². The number of benzene rings is 1. The molecular formula is C13H16ClNO2. The van der Waals surface area contributed by atoms with Gasteiger partial charge < -0.3 is 10.4 Å². The van der Waals surface area contributed by atoms with Crippen molar-refractivity contribution in [2.24, 2.45) is 5.41 Å². The Labute approximate surface area is 106 Å². The van der Waals surface area contributed by atoms with Gasteiger partial charge in [-0.3, -0.25) is 4.79 Å². The number of aliphatic hydroxyl groups excluding tert-OH is 1. The maximum atomic E-state index is 11.9. The maximum Gasteiger partial charge on any atom is 0.251 e. The van der Waals surface area contributed by atoms with Gasteiger partial charge in [-0.15, -0.1) is 0 Å². The predicted molar refractivity (Wildman–Crippen MR) is 67.3 cm³/mol. The molecule has 0 aromatic heterocycles. The van der Waals surface area contributed by atoms with Gasteiger partial charge in [-0.2, -0.15) is 0 Å². The predicted octanol–water partition coefficient (Wildman–Crippen LogP) is 2.15. The monoisotopic (exact) mass is 253 g/mol. The molecule has 1 aliphatic carbocycles. The first kappa shape index (κ1) is 12.4. The highest BCUT2D eigenvalue weighted by atomic mass is 35.5. The van der Waals surface area contributed by atoms with Crippen molar-refractivity contribution in [3.63, 3.8) is 0 Å². The second-order valence-corrected chi connectivity index (χ2v) is 5.29. The lowest BCUT2D eigenvalue weighted by Gasteiger charge is -2.13. The highest BCUT2D eigenvalue weighted by Gasteiger charge is 2.42. The number of hydrogen-bond donors (Lipinski definition) is 2. The molecule has 0 aliphatic heterocycles. The van der Waals surface area contributed by atoms with Crippen molar-refractivity contribution in [1.29, 1.82) is 0 Å². The van der Waals surface area contributed by atoms with E-state index in [0.29, 0.717) is 17.1 Å². The van der Waals surface area contributed by atoms with Gasteiger partial charge in [0.15, 0.2) is 0 Å². The fourth-order valence-corrected chi connectivity index (χ4v) is 2.09. The minimum Gasteiger partial charge on any atom is -0.396 e. The quantitative estimate of drug-likeness (QED) is 0.864. The lowest BCUT2D eigenvalue weighted by Crippen LogP contribution is -2.31. The molecule has 0 saturated heterocycles. The van der Waals surface area contributed by atoms with Gasteiger partial charge in [-0.1, -0.05) is 11.6 Å². The summed E-state index contributed by atoms with van der Waals surface area (Å²) in [7, 11) is 0. The lowest BCUT2D eigenvalue weighted by atomic mass is 10.1. The van der Waals surface area contributed by atoms with Crippen LogP contribution in [0.1, 0.15) is 28.8 Å². The van der Waals surface area contributed by atoms with Crippen LogP contribution >= 0.6 is 11.6 Å². The van der Waals surface area contributed by atoms with E-state index in [1.54, 1.807) is 12.1 Å². The summed E-state index contributed by atoms with van der Waals surface area (Å²) in [5.41, 5.74) is 1.47. The van der Waals surface area contributed by atoms with Crippen LogP contribution in [0.3, 0.4) is 0 Å². The van der Waals surface area contributed by atoms with Crippen LogP contribution in [0.5, 0.6) is 0 Å². The average molecular weight is 254 g/mol. The minimum absolute atomic E-state index is 0.0662. The Hall–Kier alpha value is -1.06. The molecule has 3 nitrogen and oxygen atoms in total. The topological polar surface area (TPSA) is 49.3 Å². The van der Waals surface area contributed by atoms with Crippen LogP contribution in [0.4, 0.5) is 0 Å². The Morgan fingerprint density at radius 3 is 2.71 bits per heavy atom. The maximum absolute atomic E-state index is 11.9. The number of aliphatic hydroxyl groups is 1. The molecule has 1 aromatic carbocycles. The third-order valence-electron chi connectivity index (χ3n) is 3.22. The average Bonchev–Trinajstić information content (AvgIpc) is 3.05. The van der Waals surface area contributed by atoms with E-state index in [4.69, 9.17) is 16.7 Å². The summed E-state index contributed by atoms with van der Waals surface area (Å²) in [6.07, 6.45) is 1.97. The van der Waals surface area contributed by atoms with E-state index in [1.807, 2.05) is 13.0 Å². The van der Waals surface area contributed by atoms with Crippen LogP contribution in [0, 0.1) is 12.3 Å². The zero-order valence-corrected chi connectivity index (χ0v) is 10.5. The summed E-state index contributed by atoms with van der Waals surface area (Å²) < 4.78 is 0. The summed E-state index contributed by atoms with van der Waals surface area (Å²) in [5, 5.41) is 12.6. The summed E-state index contributed by atoms with van der Waals surface area (Å²) in [6.45, 7) is 2.58. The molecule has 0 atom stereocenters. The highest BCUT2D eigenvalue weighted by molar-refractivity contribution is 6.31. The third-order valence-corrected chi connectivity index (χ3v) is 3.44. The van der Waals surface area contributed by atoms with Gasteiger partial charge >= 0.3 is 0 Å². The molecule has 1 aromatic rings. The molecule has 1 fully saturated rings. The molecular weight excluding hydrogens is 238 g/mol. The number of halogens is 1. The molecule has 92 valence electrons. The van der Waals surface area contributed by atoms with Crippen molar-refractivity contribution >= 4 is 17.5 Å². The Morgan fingerprint density at radius 2 is 2.18 bits per heavy atom. The van der Waals surface area contributed by atoms with E-state index in [0.717, 1.165) is 18.4 Å². The van der Waals surface area contributed by atoms with Gasteiger partial charge in [0, 0.05) is 22.5 Å². The Bertz CT molecular complexity index is 421. The van der Waals surface area contributed by atoms with Crippen molar-refractivity contribution in [1.82, 2.24) is 5.32 Å². The molecule has 1 amide bonds. The zero-order valence-electron chi connectivity index (χ0n) is 9.79. The smallest absolute Gasteiger partial charge is 0.251 e. The summed E-state index contributed by atoms with van der Waals surface area (Å²) >= 11 is 5.90. The number of carbonyl (C=O) groups is 1. The summed E-state index contributed by atoms with van der Waals surface area (Å²) in [6, 6.07) is 5.27. The molecule has 17 heavy (non-hydrogen) atoms. The van der Waals surface area contributed by atoms with Crippen molar-refractivity contribution in [2.45, 2.75) is 19.8 Å². The lowest BCUT2D eigenvalue weighted by molar-refractivity contribution is 0.0935. The molecule has 2 rings (SSSR count). The SMILES string of the molecule is Cc1cc(Cl)cc(C(=O)NCC2(CO)CC2)c1. The fourth-order valence-electron chi connectivity index (χ4n) is 1.80. The van der Waals surface area contributed by atoms with Crippen LogP contribution in [-0.4, -0.2) is 24.2 Å². The Kier molecular flexibility index (Phi) is 3.40. The summed E-state index contributed by atoms with van der Waals surface area (Å²) in [5.74, 6) is -0.129. The largest absolute Gasteiger partial charge is 0.396 e. The van der Waals surface area contributed by atoms with Crippen molar-refractivity contribution in [3.8, 4) is 0 Å². The van der Waals surface area contributed by atoms with Crippen LogP contribution in [0.25, 0.3) is 0 Å². The van der Waals surface area contributed by atoms with E-state index in [2.05, 4.69) is 5.32 Å². The first-order valence-electron chi connectivity index (χ1n) is 5.71.